The second-order valence-corrected chi connectivity index (χ2v) is 5.90. The van der Waals surface area contributed by atoms with Gasteiger partial charge in [0, 0.05) is 29.8 Å². The van der Waals surface area contributed by atoms with Crippen LogP contribution in [0.5, 0.6) is 5.75 Å². The van der Waals surface area contributed by atoms with Crippen molar-refractivity contribution in [1.82, 2.24) is 9.88 Å². The van der Waals surface area contributed by atoms with Gasteiger partial charge in [0.1, 0.15) is 5.01 Å². The molecule has 22 heavy (non-hydrogen) atoms. The van der Waals surface area contributed by atoms with Gasteiger partial charge in [0.05, 0.1) is 11.5 Å². The molecule has 1 heterocycles. The Kier molecular flexibility index (Phi) is 4.71. The zero-order chi connectivity index (χ0) is 16.3. The largest absolute Gasteiger partial charge is 0.502 e. The fraction of sp³-hybridized carbons (Fsp3) is 0.286. The van der Waals surface area contributed by atoms with Gasteiger partial charge in [0.2, 0.25) is 0 Å². The van der Waals surface area contributed by atoms with Gasteiger partial charge >= 0.3 is 5.69 Å². The van der Waals surface area contributed by atoms with Crippen LogP contribution in [0.1, 0.15) is 27.2 Å². The number of aryl methyl sites for hydroxylation is 1. The number of hydrogen-bond acceptors (Lipinski definition) is 6. The van der Waals surface area contributed by atoms with Crippen LogP contribution in [0.4, 0.5) is 5.69 Å². The van der Waals surface area contributed by atoms with Crippen molar-refractivity contribution < 1.29 is 14.8 Å². The lowest BCUT2D eigenvalue weighted by atomic mass is 10.1. The fourth-order valence-corrected chi connectivity index (χ4v) is 2.80. The van der Waals surface area contributed by atoms with Crippen LogP contribution in [-0.4, -0.2) is 32.9 Å². The first kappa shape index (κ1) is 15.9. The summed E-state index contributed by atoms with van der Waals surface area (Å²) >= 11 is 1.53. The number of aromatic nitrogens is 1. The van der Waals surface area contributed by atoms with Crippen molar-refractivity contribution in [3.05, 3.63) is 50.0 Å². The van der Waals surface area contributed by atoms with Gasteiger partial charge in [-0.25, -0.2) is 4.98 Å². The number of thiazole rings is 1. The smallest absolute Gasteiger partial charge is 0.311 e. The average molecular weight is 321 g/mol. The van der Waals surface area contributed by atoms with Gasteiger partial charge in [0.15, 0.2) is 5.75 Å². The molecular formula is C14H15N3O4S. The van der Waals surface area contributed by atoms with E-state index in [0.717, 1.165) is 28.4 Å². The zero-order valence-electron chi connectivity index (χ0n) is 12.1. The number of amides is 1. The minimum atomic E-state index is -0.722. The molecule has 2 rings (SSSR count). The summed E-state index contributed by atoms with van der Waals surface area (Å²) in [6, 6.07) is 3.59. The third-order valence-corrected chi connectivity index (χ3v) is 4.21. The number of rotatable bonds is 5. The van der Waals surface area contributed by atoms with Crippen LogP contribution < -0.4 is 0 Å². The lowest BCUT2D eigenvalue weighted by molar-refractivity contribution is -0.385. The van der Waals surface area contributed by atoms with Crippen LogP contribution >= 0.6 is 11.3 Å². The molecule has 0 aliphatic carbocycles. The highest BCUT2D eigenvalue weighted by Crippen LogP contribution is 2.27. The summed E-state index contributed by atoms with van der Waals surface area (Å²) in [6.45, 7) is 2.36. The first-order valence-corrected chi connectivity index (χ1v) is 7.40. The van der Waals surface area contributed by atoms with Crippen LogP contribution in [0.3, 0.4) is 0 Å². The Labute approximate surface area is 131 Å². The Morgan fingerprint density at radius 1 is 1.50 bits per heavy atom. The SMILES string of the molecule is CCc1cnc(CN(C)C(=O)c2ccc(O)c([N+](=O)[O-])c2)s1. The molecule has 7 nitrogen and oxygen atoms in total. The van der Waals surface area contributed by atoms with Crippen molar-refractivity contribution in [1.29, 1.82) is 0 Å². The molecule has 8 heteroatoms. The highest BCUT2D eigenvalue weighted by molar-refractivity contribution is 7.11. The van der Waals surface area contributed by atoms with E-state index >= 15 is 0 Å². The van der Waals surface area contributed by atoms with Crippen molar-refractivity contribution in [2.75, 3.05) is 7.05 Å². The van der Waals surface area contributed by atoms with E-state index in [1.165, 1.54) is 22.3 Å². The molecule has 0 atom stereocenters. The van der Waals surface area contributed by atoms with E-state index in [2.05, 4.69) is 4.98 Å². The van der Waals surface area contributed by atoms with Crippen LogP contribution in [0.15, 0.2) is 24.4 Å². The number of hydrogen-bond donors (Lipinski definition) is 1. The van der Waals surface area contributed by atoms with Gasteiger partial charge in [-0.05, 0) is 18.6 Å². The molecular weight excluding hydrogens is 306 g/mol. The zero-order valence-corrected chi connectivity index (χ0v) is 13.0. The second-order valence-electron chi connectivity index (χ2n) is 4.70. The lowest BCUT2D eigenvalue weighted by Gasteiger charge is -2.15. The van der Waals surface area contributed by atoms with E-state index in [1.807, 2.05) is 6.92 Å². The molecule has 1 aromatic carbocycles. The van der Waals surface area contributed by atoms with Crippen LogP contribution in [0, 0.1) is 10.1 Å². The molecule has 0 saturated carbocycles. The van der Waals surface area contributed by atoms with E-state index in [-0.39, 0.29) is 11.5 Å². The molecule has 0 radical (unpaired) electrons. The maximum atomic E-state index is 12.3. The van der Waals surface area contributed by atoms with Crippen LogP contribution in [-0.2, 0) is 13.0 Å². The number of aromatic hydroxyl groups is 1. The van der Waals surface area contributed by atoms with Gasteiger partial charge in [-0.3, -0.25) is 14.9 Å². The summed E-state index contributed by atoms with van der Waals surface area (Å²) in [7, 11) is 1.61. The molecule has 0 bridgehead atoms. The number of benzene rings is 1. The second kappa shape index (κ2) is 6.52. The molecule has 116 valence electrons. The van der Waals surface area contributed by atoms with E-state index in [9.17, 15) is 20.0 Å². The standard InChI is InChI=1S/C14H15N3O4S/c1-3-10-7-15-13(22-10)8-16(2)14(19)9-4-5-12(18)11(6-9)17(20)21/h4-7,18H,3,8H2,1-2H3. The Morgan fingerprint density at radius 2 is 2.23 bits per heavy atom. The number of carbonyl (C=O) groups excluding carboxylic acids is 1. The predicted octanol–water partition coefficient (Wildman–Crippen LogP) is 2.59. The summed E-state index contributed by atoms with van der Waals surface area (Å²) in [5.74, 6) is -0.826. The summed E-state index contributed by atoms with van der Waals surface area (Å²) < 4.78 is 0. The molecule has 1 amide bonds. The molecule has 0 unspecified atom stereocenters. The van der Waals surface area contributed by atoms with Crippen molar-refractivity contribution >= 4 is 22.9 Å². The highest BCUT2D eigenvalue weighted by atomic mass is 32.1. The number of phenols is 1. The van der Waals surface area contributed by atoms with Gasteiger partial charge in [-0.15, -0.1) is 11.3 Å². The van der Waals surface area contributed by atoms with E-state index in [0.29, 0.717) is 6.54 Å². The van der Waals surface area contributed by atoms with Gasteiger partial charge in [-0.2, -0.15) is 0 Å². The maximum Gasteiger partial charge on any atom is 0.311 e. The minimum absolute atomic E-state index is 0.152. The van der Waals surface area contributed by atoms with E-state index in [1.54, 1.807) is 13.2 Å². The van der Waals surface area contributed by atoms with Gasteiger partial charge in [-0.1, -0.05) is 6.92 Å². The van der Waals surface area contributed by atoms with Gasteiger partial charge in [0.25, 0.3) is 5.91 Å². The van der Waals surface area contributed by atoms with Crippen LogP contribution in [0.2, 0.25) is 0 Å². The Bertz CT molecular complexity index is 714. The first-order valence-electron chi connectivity index (χ1n) is 6.58. The third-order valence-electron chi connectivity index (χ3n) is 3.09. The first-order chi connectivity index (χ1) is 10.4. The van der Waals surface area contributed by atoms with E-state index < -0.39 is 16.4 Å². The molecule has 0 aliphatic rings. The van der Waals surface area contributed by atoms with Crippen molar-refractivity contribution in [2.24, 2.45) is 0 Å². The lowest BCUT2D eigenvalue weighted by Crippen LogP contribution is -2.26. The topological polar surface area (TPSA) is 96.6 Å². The quantitative estimate of drug-likeness (QED) is 0.674. The van der Waals surface area contributed by atoms with Gasteiger partial charge < -0.3 is 10.0 Å². The van der Waals surface area contributed by atoms with Crippen molar-refractivity contribution in [3.8, 4) is 5.75 Å². The average Bonchev–Trinajstić information content (AvgIpc) is 2.94. The molecule has 0 saturated heterocycles. The monoisotopic (exact) mass is 321 g/mol. The minimum Gasteiger partial charge on any atom is -0.502 e. The normalized spacial score (nSPS) is 10.5. The number of carbonyl (C=O) groups is 1. The summed E-state index contributed by atoms with van der Waals surface area (Å²) in [5.41, 5.74) is -0.332. The van der Waals surface area contributed by atoms with E-state index in [4.69, 9.17) is 0 Å². The molecule has 0 aliphatic heterocycles. The molecule has 1 aromatic heterocycles. The Balaban J connectivity index is 2.16. The third kappa shape index (κ3) is 3.40. The summed E-state index contributed by atoms with van der Waals surface area (Å²) in [4.78, 5) is 29.2. The number of nitro groups is 1. The van der Waals surface area contributed by atoms with Crippen molar-refractivity contribution in [2.45, 2.75) is 19.9 Å². The molecule has 1 N–H and O–H groups in total. The summed E-state index contributed by atoms with van der Waals surface area (Å²) in [5, 5.41) is 21.0. The molecule has 0 fully saturated rings. The van der Waals surface area contributed by atoms with Crippen molar-refractivity contribution in [3.63, 3.8) is 0 Å². The molecule has 2 aromatic rings. The molecule has 0 spiro atoms. The number of phenolic OH excluding ortho intramolecular Hbond substituents is 1. The fourth-order valence-electron chi connectivity index (χ4n) is 1.88. The Morgan fingerprint density at radius 3 is 2.82 bits per heavy atom. The van der Waals surface area contributed by atoms with Crippen LogP contribution in [0.25, 0.3) is 0 Å². The maximum absolute atomic E-state index is 12.3. The summed E-state index contributed by atoms with van der Waals surface area (Å²) in [6.07, 6.45) is 2.67. The Hall–Kier alpha value is -2.48. The number of nitrogens with zero attached hydrogens (tertiary/aromatic N) is 3. The predicted molar refractivity (Wildman–Crippen MR) is 82.1 cm³/mol. The number of nitro benzene ring substituents is 1. The highest BCUT2D eigenvalue weighted by Gasteiger charge is 2.19.